The third-order valence-corrected chi connectivity index (χ3v) is 4.76. The van der Waals surface area contributed by atoms with Crippen molar-refractivity contribution in [2.24, 2.45) is 5.92 Å². The Morgan fingerprint density at radius 3 is 2.63 bits per heavy atom. The third-order valence-electron chi connectivity index (χ3n) is 4.76. The maximum atomic E-state index is 13.3. The fourth-order valence-corrected chi connectivity index (χ4v) is 3.42. The van der Waals surface area contributed by atoms with Crippen LogP contribution in [0.1, 0.15) is 39.7 Å². The highest BCUT2D eigenvalue weighted by Crippen LogP contribution is 2.27. The molecule has 0 aromatic carbocycles. The summed E-state index contributed by atoms with van der Waals surface area (Å²) in [7, 11) is 0. The first-order valence-corrected chi connectivity index (χ1v) is 9.12. The summed E-state index contributed by atoms with van der Waals surface area (Å²) >= 11 is 0. The SMILES string of the molecule is CCC(=O)C1CC(O)CN1C(=O)C(C(C)C)n1cc(-c2ncccn2)nn1. The highest BCUT2D eigenvalue weighted by molar-refractivity contribution is 5.91. The summed E-state index contributed by atoms with van der Waals surface area (Å²) in [6.07, 6.45) is 4.78. The first-order chi connectivity index (χ1) is 12.9. The third kappa shape index (κ3) is 3.87. The Hall–Kier alpha value is -2.68. The van der Waals surface area contributed by atoms with Crippen molar-refractivity contribution in [3.8, 4) is 11.5 Å². The molecule has 3 heterocycles. The smallest absolute Gasteiger partial charge is 0.248 e. The molecule has 1 amide bonds. The zero-order valence-electron chi connectivity index (χ0n) is 15.7. The van der Waals surface area contributed by atoms with E-state index in [0.29, 0.717) is 17.9 Å². The van der Waals surface area contributed by atoms with Crippen LogP contribution in [0.4, 0.5) is 0 Å². The average Bonchev–Trinajstić information content (AvgIpc) is 3.28. The molecular formula is C18H24N6O3. The molecule has 0 radical (unpaired) electrons. The van der Waals surface area contributed by atoms with Crippen LogP contribution in [0.15, 0.2) is 24.7 Å². The number of aromatic nitrogens is 5. The van der Waals surface area contributed by atoms with Gasteiger partial charge >= 0.3 is 0 Å². The molecule has 3 unspecified atom stereocenters. The number of Topliss-reactive ketones (excluding diaryl/α,β-unsaturated/α-hetero) is 1. The molecule has 1 fully saturated rings. The number of rotatable bonds is 6. The zero-order chi connectivity index (χ0) is 19.6. The minimum atomic E-state index is -0.689. The van der Waals surface area contributed by atoms with Gasteiger partial charge in [0.05, 0.1) is 18.3 Å². The lowest BCUT2D eigenvalue weighted by atomic mass is 10.0. The lowest BCUT2D eigenvalue weighted by molar-refractivity contribution is -0.141. The van der Waals surface area contributed by atoms with Crippen molar-refractivity contribution in [1.29, 1.82) is 0 Å². The molecule has 1 aliphatic heterocycles. The Labute approximate surface area is 157 Å². The predicted octanol–water partition coefficient (Wildman–Crippen LogP) is 0.873. The van der Waals surface area contributed by atoms with Crippen molar-refractivity contribution in [2.75, 3.05) is 6.54 Å². The summed E-state index contributed by atoms with van der Waals surface area (Å²) in [6, 6.07) is 0.490. The fourth-order valence-electron chi connectivity index (χ4n) is 3.42. The minimum Gasteiger partial charge on any atom is -0.391 e. The number of hydrogen-bond donors (Lipinski definition) is 1. The van der Waals surface area contributed by atoms with Gasteiger partial charge in [0.25, 0.3) is 0 Å². The van der Waals surface area contributed by atoms with E-state index in [1.165, 1.54) is 9.58 Å². The van der Waals surface area contributed by atoms with Crippen molar-refractivity contribution in [1.82, 2.24) is 29.9 Å². The molecule has 0 saturated carbocycles. The molecular weight excluding hydrogens is 348 g/mol. The van der Waals surface area contributed by atoms with Gasteiger partial charge in [0.1, 0.15) is 11.7 Å². The Morgan fingerprint density at radius 2 is 2.00 bits per heavy atom. The van der Waals surface area contributed by atoms with Crippen LogP contribution in [0.2, 0.25) is 0 Å². The van der Waals surface area contributed by atoms with Gasteiger partial charge in [0.15, 0.2) is 11.6 Å². The van der Waals surface area contributed by atoms with Gasteiger partial charge in [-0.15, -0.1) is 5.10 Å². The van der Waals surface area contributed by atoms with Gasteiger partial charge in [-0.2, -0.15) is 0 Å². The summed E-state index contributed by atoms with van der Waals surface area (Å²) in [6.45, 7) is 5.74. The van der Waals surface area contributed by atoms with E-state index in [0.717, 1.165) is 0 Å². The molecule has 1 saturated heterocycles. The van der Waals surface area contributed by atoms with Crippen LogP contribution in [-0.4, -0.2) is 65.3 Å². The number of carbonyl (C=O) groups is 2. The summed E-state index contributed by atoms with van der Waals surface area (Å²) in [5, 5.41) is 18.2. The molecule has 9 heteroatoms. The van der Waals surface area contributed by atoms with Gasteiger partial charge in [0.2, 0.25) is 5.91 Å². The van der Waals surface area contributed by atoms with E-state index >= 15 is 0 Å². The van der Waals surface area contributed by atoms with Gasteiger partial charge in [-0.3, -0.25) is 9.59 Å². The Balaban J connectivity index is 1.88. The zero-order valence-corrected chi connectivity index (χ0v) is 15.7. The largest absolute Gasteiger partial charge is 0.391 e. The second kappa shape index (κ2) is 7.91. The lowest BCUT2D eigenvalue weighted by Crippen LogP contribution is -2.45. The van der Waals surface area contributed by atoms with Gasteiger partial charge in [0, 0.05) is 31.8 Å². The number of ketones is 1. The number of likely N-dealkylation sites (tertiary alicyclic amines) is 1. The highest BCUT2D eigenvalue weighted by atomic mass is 16.3. The summed E-state index contributed by atoms with van der Waals surface area (Å²) in [5.41, 5.74) is 0.469. The molecule has 0 bridgehead atoms. The average molecular weight is 372 g/mol. The Bertz CT molecular complexity index is 806. The molecule has 3 atom stereocenters. The molecule has 1 aliphatic rings. The van der Waals surface area contributed by atoms with Crippen molar-refractivity contribution >= 4 is 11.7 Å². The van der Waals surface area contributed by atoms with Crippen molar-refractivity contribution in [3.05, 3.63) is 24.7 Å². The van der Waals surface area contributed by atoms with E-state index in [1.807, 2.05) is 13.8 Å². The number of β-amino-alcohol motifs (C(OH)–C–C–N with tert-alkyl or cyclic N) is 1. The van der Waals surface area contributed by atoms with Crippen LogP contribution in [0.25, 0.3) is 11.5 Å². The van der Waals surface area contributed by atoms with Crippen LogP contribution in [0.5, 0.6) is 0 Å². The number of aliphatic hydroxyl groups is 1. The first-order valence-electron chi connectivity index (χ1n) is 9.12. The summed E-state index contributed by atoms with van der Waals surface area (Å²) < 4.78 is 1.50. The van der Waals surface area contributed by atoms with E-state index in [9.17, 15) is 14.7 Å². The predicted molar refractivity (Wildman–Crippen MR) is 96.3 cm³/mol. The maximum absolute atomic E-state index is 13.3. The fraction of sp³-hybridized carbons (Fsp3) is 0.556. The molecule has 3 rings (SSSR count). The maximum Gasteiger partial charge on any atom is 0.248 e. The van der Waals surface area contributed by atoms with Crippen LogP contribution in [-0.2, 0) is 9.59 Å². The number of nitrogens with zero attached hydrogens (tertiary/aromatic N) is 6. The van der Waals surface area contributed by atoms with E-state index in [1.54, 1.807) is 31.6 Å². The molecule has 2 aromatic heterocycles. The number of carbonyl (C=O) groups excluding carboxylic acids is 2. The second-order valence-corrected chi connectivity index (χ2v) is 7.06. The molecule has 1 N–H and O–H groups in total. The molecule has 27 heavy (non-hydrogen) atoms. The van der Waals surface area contributed by atoms with Gasteiger partial charge < -0.3 is 10.0 Å². The van der Waals surface area contributed by atoms with Crippen LogP contribution in [0.3, 0.4) is 0 Å². The van der Waals surface area contributed by atoms with Gasteiger partial charge in [-0.1, -0.05) is 26.0 Å². The van der Waals surface area contributed by atoms with Crippen molar-refractivity contribution in [3.63, 3.8) is 0 Å². The topological polar surface area (TPSA) is 114 Å². The minimum absolute atomic E-state index is 0.0422. The van der Waals surface area contributed by atoms with Gasteiger partial charge in [-0.25, -0.2) is 14.6 Å². The van der Waals surface area contributed by atoms with E-state index in [-0.39, 0.29) is 30.6 Å². The van der Waals surface area contributed by atoms with Crippen molar-refractivity contribution < 1.29 is 14.7 Å². The monoisotopic (exact) mass is 372 g/mol. The molecule has 9 nitrogen and oxygen atoms in total. The van der Waals surface area contributed by atoms with E-state index in [4.69, 9.17) is 0 Å². The molecule has 2 aromatic rings. The second-order valence-electron chi connectivity index (χ2n) is 7.06. The first kappa shape index (κ1) is 19.1. The highest BCUT2D eigenvalue weighted by Gasteiger charge is 2.41. The Morgan fingerprint density at radius 1 is 1.30 bits per heavy atom. The standard InChI is InChI=1S/C18H24N6O3/c1-4-15(26)14-8-12(25)9-23(14)18(27)16(11(2)3)24-10-13(21-22-24)17-19-6-5-7-20-17/h5-7,10-12,14,16,25H,4,8-9H2,1-3H3. The summed E-state index contributed by atoms with van der Waals surface area (Å²) in [4.78, 5) is 35.3. The quantitative estimate of drug-likeness (QED) is 0.800. The Kier molecular flexibility index (Phi) is 5.59. The normalized spacial score (nSPS) is 20.9. The molecule has 144 valence electrons. The van der Waals surface area contributed by atoms with Gasteiger partial charge in [-0.05, 0) is 12.0 Å². The van der Waals surface area contributed by atoms with Crippen LogP contribution >= 0.6 is 0 Å². The van der Waals surface area contributed by atoms with E-state index < -0.39 is 18.2 Å². The van der Waals surface area contributed by atoms with Crippen molar-refractivity contribution in [2.45, 2.75) is 51.8 Å². The molecule has 0 spiro atoms. The van der Waals surface area contributed by atoms with E-state index in [2.05, 4.69) is 20.3 Å². The number of amides is 1. The molecule has 0 aliphatic carbocycles. The number of hydrogen-bond acceptors (Lipinski definition) is 7. The lowest BCUT2D eigenvalue weighted by Gasteiger charge is -2.29. The van der Waals surface area contributed by atoms with Crippen LogP contribution < -0.4 is 0 Å². The summed E-state index contributed by atoms with van der Waals surface area (Å²) in [5.74, 6) is 0.0614. The van der Waals surface area contributed by atoms with Crippen LogP contribution in [0, 0.1) is 5.92 Å². The number of aliphatic hydroxyl groups excluding tert-OH is 1.